The molecule has 0 fully saturated rings. The van der Waals surface area contributed by atoms with Gasteiger partial charge in [0, 0.05) is 25.2 Å². The predicted octanol–water partition coefficient (Wildman–Crippen LogP) is 2.56. The summed E-state index contributed by atoms with van der Waals surface area (Å²) in [6, 6.07) is 2.77. The van der Waals surface area contributed by atoms with Crippen LogP contribution in [-0.4, -0.2) is 39.4 Å². The largest absolute Gasteiger partial charge is 0.454 e. The van der Waals surface area contributed by atoms with Gasteiger partial charge in [0.05, 0.1) is 6.54 Å². The molecule has 2 rings (SSSR count). The van der Waals surface area contributed by atoms with Crippen molar-refractivity contribution in [3.63, 3.8) is 0 Å². The topological polar surface area (TPSA) is 64.1 Å². The summed E-state index contributed by atoms with van der Waals surface area (Å²) in [5, 5.41) is 5.13. The Balaban J connectivity index is 0.00000288. The van der Waals surface area contributed by atoms with Gasteiger partial charge in [0.1, 0.15) is 5.75 Å². The Morgan fingerprint density at radius 1 is 1.21 bits per heavy atom. The van der Waals surface area contributed by atoms with E-state index in [4.69, 9.17) is 9.47 Å². The molecule has 0 spiro atoms. The number of hydrogen-bond acceptors (Lipinski definition) is 4. The highest BCUT2D eigenvalue weighted by atomic mass is 127. The average Bonchev–Trinajstić information content (AvgIpc) is 2.93. The minimum atomic E-state index is -3.01. The lowest BCUT2D eigenvalue weighted by Gasteiger charge is -2.15. The van der Waals surface area contributed by atoms with Gasteiger partial charge in [-0.15, -0.1) is 24.0 Å². The molecule has 0 aromatic heterocycles. The summed E-state index contributed by atoms with van der Waals surface area (Å²) < 4.78 is 64.1. The molecule has 1 aliphatic heterocycles. The molecule has 0 aliphatic carbocycles. The molecule has 0 saturated heterocycles. The van der Waals surface area contributed by atoms with E-state index in [0.717, 1.165) is 0 Å². The number of nitrogens with zero attached hydrogens (tertiary/aromatic N) is 1. The summed E-state index contributed by atoms with van der Waals surface area (Å²) in [5.74, 6) is 0.690. The first kappa shape index (κ1) is 20.4. The third-order valence-electron chi connectivity index (χ3n) is 2.87. The Kier molecular flexibility index (Phi) is 8.15. The predicted molar refractivity (Wildman–Crippen MR) is 88.8 cm³/mol. The van der Waals surface area contributed by atoms with Crippen LogP contribution >= 0.6 is 24.0 Å². The summed E-state index contributed by atoms with van der Waals surface area (Å²) in [4.78, 5) is 3.75. The summed E-state index contributed by atoms with van der Waals surface area (Å²) in [6.07, 6.45) is -2.54. The van der Waals surface area contributed by atoms with Crippen LogP contribution in [0.1, 0.15) is 5.56 Å². The SMILES string of the molecule is CN=C(NCc1cc2c(cc1OC(F)F)OCO2)NCC(F)F.I. The molecular weight excluding hydrogens is 449 g/mol. The number of aliphatic imine (C=N–C) groups is 1. The molecule has 136 valence electrons. The van der Waals surface area contributed by atoms with Crippen molar-refractivity contribution in [3.8, 4) is 17.2 Å². The molecule has 24 heavy (non-hydrogen) atoms. The zero-order valence-electron chi connectivity index (χ0n) is 12.5. The maximum absolute atomic E-state index is 12.5. The molecule has 0 amide bonds. The molecule has 1 aliphatic rings. The van der Waals surface area contributed by atoms with E-state index in [-0.39, 0.29) is 49.0 Å². The van der Waals surface area contributed by atoms with Crippen LogP contribution in [0.15, 0.2) is 17.1 Å². The second-order valence-corrected chi connectivity index (χ2v) is 4.39. The van der Waals surface area contributed by atoms with E-state index in [1.807, 2.05) is 0 Å². The average molecular weight is 465 g/mol. The maximum atomic E-state index is 12.5. The van der Waals surface area contributed by atoms with Gasteiger partial charge in [0.15, 0.2) is 17.5 Å². The van der Waals surface area contributed by atoms with Gasteiger partial charge in [-0.1, -0.05) is 0 Å². The molecule has 1 aromatic rings. The van der Waals surface area contributed by atoms with Gasteiger partial charge in [-0.25, -0.2) is 8.78 Å². The highest BCUT2D eigenvalue weighted by Gasteiger charge is 2.20. The van der Waals surface area contributed by atoms with E-state index < -0.39 is 19.6 Å². The summed E-state index contributed by atoms with van der Waals surface area (Å²) in [7, 11) is 1.40. The van der Waals surface area contributed by atoms with E-state index in [0.29, 0.717) is 17.1 Å². The van der Waals surface area contributed by atoms with E-state index in [9.17, 15) is 17.6 Å². The molecule has 1 heterocycles. The molecule has 0 bridgehead atoms. The number of fused-ring (bicyclic) bond motifs is 1. The normalized spacial score (nSPS) is 13.0. The van der Waals surface area contributed by atoms with Crippen molar-refractivity contribution in [1.29, 1.82) is 0 Å². The zero-order chi connectivity index (χ0) is 16.8. The minimum Gasteiger partial charge on any atom is -0.454 e. The molecular formula is C13H16F4IN3O3. The number of rotatable bonds is 6. The number of alkyl halides is 4. The molecule has 1 aromatic carbocycles. The summed E-state index contributed by atoms with van der Waals surface area (Å²) in [5.41, 5.74) is 0.342. The van der Waals surface area contributed by atoms with Crippen LogP contribution in [0.3, 0.4) is 0 Å². The van der Waals surface area contributed by atoms with Crippen LogP contribution in [0.25, 0.3) is 0 Å². The Morgan fingerprint density at radius 2 is 1.88 bits per heavy atom. The number of ether oxygens (including phenoxy) is 3. The Hall–Kier alpha value is -1.66. The smallest absolute Gasteiger partial charge is 0.387 e. The van der Waals surface area contributed by atoms with Crippen molar-refractivity contribution in [2.45, 2.75) is 19.6 Å². The Labute approximate surface area is 152 Å². The van der Waals surface area contributed by atoms with Crippen molar-refractivity contribution >= 4 is 29.9 Å². The molecule has 2 N–H and O–H groups in total. The second kappa shape index (κ2) is 9.59. The van der Waals surface area contributed by atoms with E-state index in [1.165, 1.54) is 19.2 Å². The van der Waals surface area contributed by atoms with Crippen LogP contribution in [0.2, 0.25) is 0 Å². The third-order valence-corrected chi connectivity index (χ3v) is 2.87. The number of guanidine groups is 1. The minimum absolute atomic E-state index is 0. The van der Waals surface area contributed by atoms with E-state index in [1.54, 1.807) is 0 Å². The zero-order valence-corrected chi connectivity index (χ0v) is 14.9. The van der Waals surface area contributed by atoms with Gasteiger partial charge in [0.25, 0.3) is 6.43 Å². The van der Waals surface area contributed by atoms with Gasteiger partial charge < -0.3 is 24.8 Å². The van der Waals surface area contributed by atoms with Crippen molar-refractivity contribution in [1.82, 2.24) is 10.6 Å². The molecule has 0 unspecified atom stereocenters. The fourth-order valence-corrected chi connectivity index (χ4v) is 1.88. The van der Waals surface area contributed by atoms with Crippen molar-refractivity contribution in [2.24, 2.45) is 4.99 Å². The highest BCUT2D eigenvalue weighted by molar-refractivity contribution is 14.0. The maximum Gasteiger partial charge on any atom is 0.387 e. The molecule has 0 radical (unpaired) electrons. The number of halogens is 5. The highest BCUT2D eigenvalue weighted by Crippen LogP contribution is 2.38. The lowest BCUT2D eigenvalue weighted by Crippen LogP contribution is -2.39. The molecule has 0 saturated carbocycles. The first-order valence-corrected chi connectivity index (χ1v) is 6.59. The van der Waals surface area contributed by atoms with Gasteiger partial charge in [-0.05, 0) is 6.07 Å². The third kappa shape index (κ3) is 5.76. The summed E-state index contributed by atoms with van der Waals surface area (Å²) in [6.45, 7) is -3.59. The molecule has 6 nitrogen and oxygen atoms in total. The first-order chi connectivity index (χ1) is 11.0. The lowest BCUT2D eigenvalue weighted by molar-refractivity contribution is -0.0505. The van der Waals surface area contributed by atoms with Gasteiger partial charge in [-0.3, -0.25) is 4.99 Å². The van der Waals surface area contributed by atoms with Crippen LogP contribution in [-0.2, 0) is 6.54 Å². The van der Waals surface area contributed by atoms with Crippen LogP contribution in [0.4, 0.5) is 17.6 Å². The Bertz CT molecular complexity index is 576. The quantitative estimate of drug-likeness (QED) is 0.293. The summed E-state index contributed by atoms with van der Waals surface area (Å²) >= 11 is 0. The fourth-order valence-electron chi connectivity index (χ4n) is 1.88. The van der Waals surface area contributed by atoms with E-state index >= 15 is 0 Å². The number of benzene rings is 1. The number of hydrogen-bond donors (Lipinski definition) is 2. The van der Waals surface area contributed by atoms with Crippen molar-refractivity contribution < 1.29 is 31.8 Å². The second-order valence-electron chi connectivity index (χ2n) is 4.39. The monoisotopic (exact) mass is 465 g/mol. The van der Waals surface area contributed by atoms with Gasteiger partial charge in [0.2, 0.25) is 6.79 Å². The van der Waals surface area contributed by atoms with Crippen molar-refractivity contribution in [3.05, 3.63) is 17.7 Å². The first-order valence-electron chi connectivity index (χ1n) is 6.59. The van der Waals surface area contributed by atoms with Crippen LogP contribution in [0.5, 0.6) is 17.2 Å². The van der Waals surface area contributed by atoms with Gasteiger partial charge in [-0.2, -0.15) is 8.78 Å². The Morgan fingerprint density at radius 3 is 2.46 bits per heavy atom. The molecule has 11 heteroatoms. The lowest BCUT2D eigenvalue weighted by atomic mass is 10.1. The molecule has 0 atom stereocenters. The van der Waals surface area contributed by atoms with Crippen molar-refractivity contribution in [2.75, 3.05) is 20.4 Å². The fraction of sp³-hybridized carbons (Fsp3) is 0.462. The standard InChI is InChI=1S/C13H15F4N3O3.HI/c1-18-13(20-5-11(14)15)19-4-7-2-9-10(22-6-21-9)3-8(7)23-12(16)17;/h2-3,11-12H,4-6H2,1H3,(H2,18,19,20);1H. The van der Waals surface area contributed by atoms with Crippen LogP contribution in [0, 0.1) is 0 Å². The van der Waals surface area contributed by atoms with E-state index in [2.05, 4.69) is 20.4 Å². The number of nitrogens with one attached hydrogen (secondary N) is 2. The van der Waals surface area contributed by atoms with Crippen LogP contribution < -0.4 is 24.8 Å². The van der Waals surface area contributed by atoms with Gasteiger partial charge >= 0.3 is 6.61 Å².